The van der Waals surface area contributed by atoms with Crippen LogP contribution in [0.15, 0.2) is 24.3 Å². The van der Waals surface area contributed by atoms with Crippen LogP contribution in [-0.4, -0.2) is 131 Å². The largest absolute Gasteiger partial charge is 0.497 e. The maximum absolute atomic E-state index is 15.0. The normalized spacial score (nSPS) is 22.4. The molecule has 0 aromatic heterocycles. The molecule has 2 aliphatic heterocycles. The zero-order chi connectivity index (χ0) is 44.9. The van der Waals surface area contributed by atoms with Crippen LogP contribution in [0.3, 0.4) is 0 Å². The average Bonchev–Trinajstić information content (AvgIpc) is 3.35. The van der Waals surface area contributed by atoms with Crippen molar-refractivity contribution in [2.45, 2.75) is 111 Å². The number of esters is 1. The van der Waals surface area contributed by atoms with E-state index in [2.05, 4.69) is 0 Å². The van der Waals surface area contributed by atoms with E-state index >= 15 is 0 Å². The molecule has 3 fully saturated rings. The summed E-state index contributed by atoms with van der Waals surface area (Å²) in [5.74, 6) is -0.901. The zero-order valence-electron chi connectivity index (χ0n) is 37.7. The molecular formula is C42H70N2O15P2. The molecule has 348 valence electrons. The number of hydrogen-bond acceptors (Lipinski definition) is 15. The lowest BCUT2D eigenvalue weighted by atomic mass is 9.52. The van der Waals surface area contributed by atoms with Crippen LogP contribution in [0.1, 0.15) is 93.1 Å². The van der Waals surface area contributed by atoms with E-state index in [9.17, 15) is 23.5 Å². The minimum atomic E-state index is -3.73. The van der Waals surface area contributed by atoms with Crippen molar-refractivity contribution in [1.82, 2.24) is 9.80 Å². The number of amides is 2. The Balaban J connectivity index is 1.79. The first-order valence-corrected chi connectivity index (χ1v) is 25.0. The van der Waals surface area contributed by atoms with Gasteiger partial charge in [0.2, 0.25) is 5.91 Å². The van der Waals surface area contributed by atoms with Gasteiger partial charge in [-0.1, -0.05) is 12.1 Å². The molecule has 0 radical (unpaired) electrons. The van der Waals surface area contributed by atoms with Gasteiger partial charge in [-0.15, -0.1) is 0 Å². The van der Waals surface area contributed by atoms with Crippen molar-refractivity contribution in [3.63, 3.8) is 0 Å². The summed E-state index contributed by atoms with van der Waals surface area (Å²) in [5.41, 5.74) is -2.48. The molecular weight excluding hydrogens is 834 g/mol. The molecule has 4 rings (SSSR count). The fourth-order valence-corrected chi connectivity index (χ4v) is 11.9. The lowest BCUT2D eigenvalue weighted by Gasteiger charge is -2.63. The molecule has 61 heavy (non-hydrogen) atoms. The molecule has 1 saturated carbocycles. The zero-order valence-corrected chi connectivity index (χ0v) is 39.5. The van der Waals surface area contributed by atoms with E-state index in [0.29, 0.717) is 32.5 Å². The van der Waals surface area contributed by atoms with Crippen molar-refractivity contribution < 1.29 is 70.0 Å². The second kappa shape index (κ2) is 22.9. The molecule has 1 aromatic rings. The third-order valence-electron chi connectivity index (χ3n) is 11.2. The summed E-state index contributed by atoms with van der Waals surface area (Å²) in [4.78, 5) is 46.8. The van der Waals surface area contributed by atoms with E-state index in [4.69, 9.17) is 46.5 Å². The van der Waals surface area contributed by atoms with E-state index in [1.165, 1.54) is 0 Å². The Morgan fingerprint density at radius 1 is 0.820 bits per heavy atom. The Morgan fingerprint density at radius 2 is 1.39 bits per heavy atom. The number of nitrogens with zero attached hydrogens (tertiary/aromatic N) is 2. The van der Waals surface area contributed by atoms with Crippen molar-refractivity contribution in [3.8, 4) is 5.75 Å². The summed E-state index contributed by atoms with van der Waals surface area (Å²) >= 11 is 0. The number of rotatable bonds is 27. The highest BCUT2D eigenvalue weighted by Crippen LogP contribution is 2.63. The standard InChI is InChI=1S/C42H70N2O15P2/c1-10-54-36(45)26-42-35-21-23-43(39(47)59-40(6,7)8)38(42)41(28-52-30-60(48,55-11-2)56-12-3,29-53-31-61(49,57-13-4)58-14-5)25-34(35)37(46)44(42)22-15-16-24-51-27-32-17-19-33(50-9)20-18-32/h17-20,34-35,38H,10-16,21-31H2,1-9H3/t34-,35-,38+,42+/m1/s1. The first kappa shape index (κ1) is 51.0. The van der Waals surface area contributed by atoms with Gasteiger partial charge in [0.05, 0.1) is 78.0 Å². The van der Waals surface area contributed by atoms with Crippen molar-refractivity contribution >= 4 is 33.2 Å². The number of piperidine rings is 1. The second-order valence-electron chi connectivity index (χ2n) is 16.6. The third kappa shape index (κ3) is 12.8. The maximum Gasteiger partial charge on any atom is 0.410 e. The third-order valence-corrected chi connectivity index (χ3v) is 14.8. The molecule has 0 spiro atoms. The first-order chi connectivity index (χ1) is 29.0. The number of methoxy groups -OCH3 is 1. The molecule has 17 nitrogen and oxygen atoms in total. The van der Waals surface area contributed by atoms with Gasteiger partial charge in [0.25, 0.3) is 0 Å². The number of likely N-dealkylation sites (tertiary alicyclic amines) is 2. The fourth-order valence-electron chi connectivity index (χ4n) is 9.28. The molecule has 3 aliphatic rings. The Kier molecular flexibility index (Phi) is 19.1. The van der Waals surface area contributed by atoms with E-state index in [1.807, 2.05) is 24.3 Å². The van der Waals surface area contributed by atoms with Crippen molar-refractivity contribution in [2.24, 2.45) is 17.3 Å². The molecule has 4 bridgehead atoms. The summed E-state index contributed by atoms with van der Waals surface area (Å²) in [5, 5.41) is 0. The van der Waals surface area contributed by atoms with Gasteiger partial charge in [0, 0.05) is 31.0 Å². The molecule has 1 aliphatic carbocycles. The molecule has 2 heterocycles. The Morgan fingerprint density at radius 3 is 1.90 bits per heavy atom. The Hall–Kier alpha value is -2.59. The van der Waals surface area contributed by atoms with Gasteiger partial charge in [-0.25, -0.2) is 4.79 Å². The van der Waals surface area contributed by atoms with Crippen LogP contribution in [-0.2, 0) is 67.1 Å². The fraction of sp³-hybridized carbons (Fsp3) is 0.786. The van der Waals surface area contributed by atoms with Crippen LogP contribution in [0.25, 0.3) is 0 Å². The molecule has 2 saturated heterocycles. The number of hydrogen-bond donors (Lipinski definition) is 0. The van der Waals surface area contributed by atoms with E-state index in [1.54, 1.807) is 72.3 Å². The van der Waals surface area contributed by atoms with Crippen molar-refractivity contribution in [3.05, 3.63) is 29.8 Å². The van der Waals surface area contributed by atoms with E-state index in [0.717, 1.165) is 11.3 Å². The molecule has 4 atom stereocenters. The van der Waals surface area contributed by atoms with Crippen LogP contribution < -0.4 is 4.74 Å². The molecule has 19 heteroatoms. The first-order valence-electron chi connectivity index (χ1n) is 21.6. The van der Waals surface area contributed by atoms with Crippen LogP contribution in [0.5, 0.6) is 5.75 Å². The van der Waals surface area contributed by atoms with Gasteiger partial charge in [-0.3, -0.25) is 18.7 Å². The number of carbonyl (C=O) groups is 3. The minimum Gasteiger partial charge on any atom is -0.497 e. The number of ether oxygens (including phenoxy) is 6. The summed E-state index contributed by atoms with van der Waals surface area (Å²) < 4.78 is 85.2. The molecule has 0 unspecified atom stereocenters. The predicted molar refractivity (Wildman–Crippen MR) is 226 cm³/mol. The maximum atomic E-state index is 15.0. The Labute approximate surface area is 362 Å². The van der Waals surface area contributed by atoms with Crippen molar-refractivity contribution in [1.29, 1.82) is 0 Å². The smallest absolute Gasteiger partial charge is 0.410 e. The topological polar surface area (TPSA) is 184 Å². The highest BCUT2D eigenvalue weighted by Gasteiger charge is 2.74. The highest BCUT2D eigenvalue weighted by molar-refractivity contribution is 7.53. The number of unbranched alkanes of at least 4 members (excludes halogenated alkanes) is 1. The van der Waals surface area contributed by atoms with Gasteiger partial charge < -0.3 is 56.3 Å². The van der Waals surface area contributed by atoms with Gasteiger partial charge in [0.15, 0.2) is 0 Å². The monoisotopic (exact) mass is 904 g/mol. The molecule has 2 amide bonds. The van der Waals surface area contributed by atoms with E-state index in [-0.39, 0.29) is 84.0 Å². The Bertz CT molecular complexity index is 1620. The van der Waals surface area contributed by atoms with Crippen LogP contribution >= 0.6 is 15.2 Å². The molecule has 0 N–H and O–H groups in total. The van der Waals surface area contributed by atoms with Gasteiger partial charge >= 0.3 is 27.3 Å². The van der Waals surface area contributed by atoms with Crippen LogP contribution in [0, 0.1) is 17.3 Å². The highest BCUT2D eigenvalue weighted by atomic mass is 31.2. The minimum absolute atomic E-state index is 0.106. The quantitative estimate of drug-likeness (QED) is 0.0476. The summed E-state index contributed by atoms with van der Waals surface area (Å²) in [6.45, 7) is 15.2. The summed E-state index contributed by atoms with van der Waals surface area (Å²) in [7, 11) is -5.85. The van der Waals surface area contributed by atoms with Gasteiger partial charge in [-0.2, -0.15) is 0 Å². The SMILES string of the molecule is CCOC(=O)C[C@]12[C@@H]3CCN(C(=O)OC(C)(C)C)[C@H]1C(COCP(=O)(OCC)OCC)(COCP(=O)(OCC)OCC)C[C@H]3C(=O)N2CCCCOCc1ccc(OC)cc1. The average molecular weight is 905 g/mol. The molecule has 1 aromatic carbocycles. The van der Waals surface area contributed by atoms with Crippen LogP contribution in [0.2, 0.25) is 0 Å². The number of benzene rings is 1. The lowest BCUT2D eigenvalue weighted by molar-refractivity contribution is -0.178. The van der Waals surface area contributed by atoms with E-state index < -0.39 is 68.5 Å². The van der Waals surface area contributed by atoms with Gasteiger partial charge in [-0.05, 0) is 105 Å². The summed E-state index contributed by atoms with van der Waals surface area (Å²) in [6.07, 6.45) is -0.00603. The second-order valence-corrected chi connectivity index (χ2v) is 20.6. The van der Waals surface area contributed by atoms with Crippen LogP contribution in [0.4, 0.5) is 4.79 Å². The predicted octanol–water partition coefficient (Wildman–Crippen LogP) is 7.64. The summed E-state index contributed by atoms with van der Waals surface area (Å²) in [6, 6.07) is 6.67. The number of carbonyl (C=O) groups excluding carboxylic acids is 3. The van der Waals surface area contributed by atoms with Gasteiger partial charge in [0.1, 0.15) is 24.0 Å². The van der Waals surface area contributed by atoms with Crippen molar-refractivity contribution in [2.75, 3.05) is 85.8 Å². The lowest BCUT2D eigenvalue weighted by Crippen LogP contribution is -2.76.